The lowest BCUT2D eigenvalue weighted by Gasteiger charge is -2.19. The van der Waals surface area contributed by atoms with E-state index in [0.717, 1.165) is 68.8 Å². The normalized spacial score (nSPS) is 11.5. The van der Waals surface area contributed by atoms with Gasteiger partial charge in [-0.15, -0.1) is 5.48 Å². The standard InChI is InChI=1S/C28H41O4P/c1-4-7-13-18-30-24-21-25(31-19-14-8-5-2)27(26(22-24)32-20-15-9-6-3)33-28(29)23-16-11-10-12-17-23/h10-12,16-17,21-22,29H,4-9,13-15,18-20H2,1-3H3/p-1. The zero-order valence-corrected chi connectivity index (χ0v) is 21.5. The molecule has 0 saturated carbocycles. The maximum Gasteiger partial charge on any atom is 0.138 e. The summed E-state index contributed by atoms with van der Waals surface area (Å²) in [6, 6.07) is 13.3. The van der Waals surface area contributed by atoms with E-state index in [9.17, 15) is 5.11 Å². The van der Waals surface area contributed by atoms with Gasteiger partial charge in [0.05, 0.1) is 25.1 Å². The highest BCUT2D eigenvalue weighted by Crippen LogP contribution is 2.31. The van der Waals surface area contributed by atoms with Crippen LogP contribution in [0.25, 0.3) is 0 Å². The molecule has 0 aliphatic carbocycles. The van der Waals surface area contributed by atoms with E-state index in [-0.39, 0.29) is 5.48 Å². The van der Waals surface area contributed by atoms with Gasteiger partial charge in [-0.05, 0) is 24.8 Å². The molecule has 5 heteroatoms. The highest BCUT2D eigenvalue weighted by molar-refractivity contribution is 7.49. The van der Waals surface area contributed by atoms with E-state index in [1.165, 1.54) is 0 Å². The van der Waals surface area contributed by atoms with Gasteiger partial charge in [0.2, 0.25) is 0 Å². The average molecular weight is 472 g/mol. The molecule has 2 aromatic carbocycles. The Morgan fingerprint density at radius 2 is 1.18 bits per heavy atom. The molecule has 0 aliphatic heterocycles. The van der Waals surface area contributed by atoms with Crippen LogP contribution < -0.4 is 24.6 Å². The SMILES string of the molecule is CCCCCOc1cc(OCCCCC)c(P=C([O-])c2ccccc2)c(OCCCCC)c1. The van der Waals surface area contributed by atoms with Gasteiger partial charge in [0.1, 0.15) is 17.2 Å². The summed E-state index contributed by atoms with van der Waals surface area (Å²) in [6.45, 7) is 8.43. The first-order chi connectivity index (χ1) is 16.2. The van der Waals surface area contributed by atoms with Crippen molar-refractivity contribution in [2.75, 3.05) is 19.8 Å². The largest absolute Gasteiger partial charge is 0.823 e. The van der Waals surface area contributed by atoms with Crippen molar-refractivity contribution in [3.05, 3.63) is 48.0 Å². The minimum absolute atomic E-state index is 0.0315. The first kappa shape index (κ1) is 27.2. The van der Waals surface area contributed by atoms with Crippen molar-refractivity contribution >= 4 is 19.0 Å². The van der Waals surface area contributed by atoms with Gasteiger partial charge in [-0.25, -0.2) is 0 Å². The van der Waals surface area contributed by atoms with Crippen LogP contribution >= 0.6 is 8.20 Å². The van der Waals surface area contributed by atoms with E-state index in [1.807, 2.05) is 42.5 Å². The third kappa shape index (κ3) is 10.2. The van der Waals surface area contributed by atoms with Crippen molar-refractivity contribution in [3.8, 4) is 17.2 Å². The molecule has 33 heavy (non-hydrogen) atoms. The van der Waals surface area contributed by atoms with Crippen LogP contribution in [0.3, 0.4) is 0 Å². The van der Waals surface area contributed by atoms with Crippen molar-refractivity contribution in [1.82, 2.24) is 0 Å². The highest BCUT2D eigenvalue weighted by Gasteiger charge is 2.14. The van der Waals surface area contributed by atoms with Crippen LogP contribution in [0.4, 0.5) is 0 Å². The van der Waals surface area contributed by atoms with Crippen molar-refractivity contribution in [2.45, 2.75) is 78.6 Å². The Labute approximate surface area is 202 Å². The summed E-state index contributed by atoms with van der Waals surface area (Å²) in [6.07, 6.45) is 9.76. The van der Waals surface area contributed by atoms with E-state index in [0.29, 0.717) is 45.1 Å². The molecule has 0 amide bonds. The second-order valence-electron chi connectivity index (χ2n) is 8.22. The van der Waals surface area contributed by atoms with Crippen molar-refractivity contribution < 1.29 is 19.3 Å². The van der Waals surface area contributed by atoms with Crippen LogP contribution in [0, 0.1) is 0 Å². The van der Waals surface area contributed by atoms with E-state index in [2.05, 4.69) is 20.8 Å². The van der Waals surface area contributed by atoms with E-state index < -0.39 is 0 Å². The Morgan fingerprint density at radius 3 is 1.67 bits per heavy atom. The summed E-state index contributed by atoms with van der Waals surface area (Å²) < 4.78 is 18.4. The van der Waals surface area contributed by atoms with Gasteiger partial charge < -0.3 is 19.3 Å². The Kier molecular flexibility index (Phi) is 13.7. The van der Waals surface area contributed by atoms with Crippen molar-refractivity contribution in [3.63, 3.8) is 0 Å². The number of unbranched alkanes of at least 4 members (excludes halogenated alkanes) is 6. The molecule has 0 unspecified atom stereocenters. The third-order valence-electron chi connectivity index (χ3n) is 5.28. The molecule has 4 nitrogen and oxygen atoms in total. The lowest BCUT2D eigenvalue weighted by atomic mass is 10.2. The number of benzene rings is 2. The van der Waals surface area contributed by atoms with Gasteiger partial charge in [0, 0.05) is 12.1 Å². The number of ether oxygens (including phenoxy) is 3. The molecule has 2 aromatic rings. The molecule has 0 aromatic heterocycles. The quantitative estimate of drug-likeness (QED) is 0.195. The van der Waals surface area contributed by atoms with Crippen LogP contribution in [0.5, 0.6) is 17.2 Å². The first-order valence-electron chi connectivity index (χ1n) is 12.6. The summed E-state index contributed by atoms with van der Waals surface area (Å²) in [4.78, 5) is 0. The van der Waals surface area contributed by atoms with E-state index >= 15 is 0 Å². The molecule has 0 spiro atoms. The van der Waals surface area contributed by atoms with Crippen LogP contribution in [-0.4, -0.2) is 25.3 Å². The summed E-state index contributed by atoms with van der Waals surface area (Å²) >= 11 is 0. The van der Waals surface area contributed by atoms with Gasteiger partial charge >= 0.3 is 0 Å². The molecule has 0 bridgehead atoms. The summed E-state index contributed by atoms with van der Waals surface area (Å²) in [5.74, 6) is 2.12. The maximum atomic E-state index is 13.0. The minimum Gasteiger partial charge on any atom is -0.823 e. The van der Waals surface area contributed by atoms with E-state index in [4.69, 9.17) is 14.2 Å². The molecule has 0 saturated heterocycles. The maximum absolute atomic E-state index is 13.0. The summed E-state index contributed by atoms with van der Waals surface area (Å²) in [5.41, 5.74) is 0.719. The van der Waals surface area contributed by atoms with Gasteiger partial charge in [-0.3, -0.25) is 0 Å². The molecule has 0 N–H and O–H groups in total. The van der Waals surface area contributed by atoms with Crippen LogP contribution in [0.1, 0.15) is 84.1 Å². The lowest BCUT2D eigenvalue weighted by molar-refractivity contribution is -0.207. The molecular formula is C28H40O4P-. The highest BCUT2D eigenvalue weighted by atomic mass is 31.1. The molecule has 0 fully saturated rings. The smallest absolute Gasteiger partial charge is 0.138 e. The topological polar surface area (TPSA) is 50.8 Å². The van der Waals surface area contributed by atoms with Gasteiger partial charge in [0.25, 0.3) is 0 Å². The second-order valence-corrected chi connectivity index (χ2v) is 9.29. The Balaban J connectivity index is 2.37. The molecule has 2 rings (SSSR count). The fourth-order valence-electron chi connectivity index (χ4n) is 3.33. The molecule has 182 valence electrons. The Hall–Kier alpha value is -2.03. The van der Waals surface area contributed by atoms with E-state index in [1.54, 1.807) is 0 Å². The second kappa shape index (κ2) is 16.6. The Morgan fingerprint density at radius 1 is 0.697 bits per heavy atom. The van der Waals surface area contributed by atoms with Crippen LogP contribution in [0.15, 0.2) is 42.5 Å². The molecule has 0 atom stereocenters. The third-order valence-corrected chi connectivity index (χ3v) is 6.40. The Bertz CT molecular complexity index is 787. The minimum atomic E-state index is 0.0315. The monoisotopic (exact) mass is 471 g/mol. The predicted molar refractivity (Wildman–Crippen MR) is 139 cm³/mol. The van der Waals surface area contributed by atoms with Gasteiger partial charge in [0.15, 0.2) is 0 Å². The predicted octanol–water partition coefficient (Wildman–Crippen LogP) is 6.50. The van der Waals surface area contributed by atoms with Crippen LogP contribution in [0.2, 0.25) is 0 Å². The number of hydrogen-bond acceptors (Lipinski definition) is 4. The number of hydrogen-bond donors (Lipinski definition) is 0. The molecule has 0 radical (unpaired) electrons. The summed E-state index contributed by atoms with van der Waals surface area (Å²) in [7, 11) is 0.553. The average Bonchev–Trinajstić information content (AvgIpc) is 2.84. The fourth-order valence-corrected chi connectivity index (χ4v) is 4.29. The number of rotatable bonds is 17. The van der Waals surface area contributed by atoms with Gasteiger partial charge in [-0.2, -0.15) is 0 Å². The molecular weight excluding hydrogens is 431 g/mol. The lowest BCUT2D eigenvalue weighted by Crippen LogP contribution is -2.19. The summed E-state index contributed by atoms with van der Waals surface area (Å²) in [5, 5.41) is 13.8. The van der Waals surface area contributed by atoms with Gasteiger partial charge in [-0.1, -0.05) is 97.8 Å². The van der Waals surface area contributed by atoms with Crippen molar-refractivity contribution in [1.29, 1.82) is 0 Å². The fraction of sp³-hybridized carbons (Fsp3) is 0.536. The zero-order valence-electron chi connectivity index (χ0n) is 20.6. The van der Waals surface area contributed by atoms with Crippen molar-refractivity contribution in [2.24, 2.45) is 0 Å². The first-order valence-corrected chi connectivity index (χ1v) is 13.5. The molecule has 0 heterocycles. The zero-order chi connectivity index (χ0) is 23.7. The molecule has 0 aliphatic rings. The van der Waals surface area contributed by atoms with Crippen LogP contribution in [-0.2, 0) is 0 Å².